The second-order valence-electron chi connectivity index (χ2n) is 24.3. The molecule has 0 aliphatic heterocycles. The molecule has 0 aliphatic carbocycles. The topological polar surface area (TPSA) is 32.6 Å². The van der Waals surface area contributed by atoms with Gasteiger partial charge in [0.2, 0.25) is 0 Å². The molecule has 0 spiro atoms. The van der Waals surface area contributed by atoms with Gasteiger partial charge < -0.3 is 18.3 Å². The van der Waals surface area contributed by atoms with Crippen molar-refractivity contribution in [2.45, 2.75) is 0 Å². The van der Waals surface area contributed by atoms with E-state index >= 15 is 0 Å². The van der Waals surface area contributed by atoms with Gasteiger partial charge in [-0.3, -0.25) is 4.98 Å². The summed E-state index contributed by atoms with van der Waals surface area (Å²) in [7, 11) is 0. The molecule has 19 rings (SSSR count). The summed E-state index contributed by atoms with van der Waals surface area (Å²) in [5, 5.41) is 10.1. The molecule has 5 heteroatoms. The molecule has 0 amide bonds. The van der Waals surface area contributed by atoms with E-state index in [2.05, 4.69) is 364 Å². The van der Waals surface area contributed by atoms with Gasteiger partial charge in [0.15, 0.2) is 0 Å². The Morgan fingerprint density at radius 1 is 0.149 bits per heavy atom. The maximum absolute atomic E-state index is 4.71. The largest absolute Gasteiger partial charge is 0.309 e. The van der Waals surface area contributed by atoms with Gasteiger partial charge in [0, 0.05) is 89.4 Å². The van der Waals surface area contributed by atoms with Crippen LogP contribution in [0, 0.1) is 0 Å². The van der Waals surface area contributed by atoms with Crippen molar-refractivity contribution in [1.29, 1.82) is 0 Å². The fourth-order valence-electron chi connectivity index (χ4n) is 14.6. The molecular weight excluding hydrogens is 1140 g/mol. The van der Waals surface area contributed by atoms with Gasteiger partial charge in [-0.1, -0.05) is 231 Å². The SMILES string of the molecule is c1cc(-c2cncc(-c3cccc(-n4c5ccccc5c5ccccc54)c3)c2)cc(-n2c3ccccc3c3ccccc32)c1.c1ccc(-c2cc(-c3ccccc3)cc(-c3cc(-n4c5ccccc5c5ccccc54)cc(-n4c5ccccc5c5ccccc54)c3)c2)cc1. The summed E-state index contributed by atoms with van der Waals surface area (Å²) in [4.78, 5) is 4.71. The standard InChI is InChI=1S/C48H32N2.C41H27N3/c1-3-15-33(16-4-1)35-27-36(34-17-5-2-6-18-34)29-37(28-35)38-30-39(49-45-23-11-7-19-41(45)42-20-8-12-24-46(42)49)32-40(31-38)50-47-25-13-9-21-43(47)44-22-10-14-26-48(44)50;1-5-19-38-34(15-1)35-16-2-6-20-39(35)43(38)32-13-9-11-28(24-32)30-23-31(27-42-26-30)29-12-10-14-33(25-29)44-40-21-7-3-17-36(40)37-18-4-8-22-41(37)44/h1-32H;1-27H. The molecule has 440 valence electrons. The van der Waals surface area contributed by atoms with Gasteiger partial charge in [0.05, 0.1) is 44.1 Å². The van der Waals surface area contributed by atoms with E-state index in [0.29, 0.717) is 0 Å². The maximum Gasteiger partial charge on any atom is 0.0541 e. The zero-order valence-corrected chi connectivity index (χ0v) is 51.3. The van der Waals surface area contributed by atoms with Crippen LogP contribution in [0.3, 0.4) is 0 Å². The van der Waals surface area contributed by atoms with Crippen molar-refractivity contribution >= 4 is 87.2 Å². The van der Waals surface area contributed by atoms with Gasteiger partial charge in [-0.05, 0) is 160 Å². The average Bonchev–Trinajstić information content (AvgIpc) is 1.53. The third-order valence-corrected chi connectivity index (χ3v) is 18.8. The minimum Gasteiger partial charge on any atom is -0.309 e. The monoisotopic (exact) mass is 1200 g/mol. The van der Waals surface area contributed by atoms with Crippen LogP contribution in [0.2, 0.25) is 0 Å². The predicted molar refractivity (Wildman–Crippen MR) is 395 cm³/mol. The Bertz CT molecular complexity index is 5540. The van der Waals surface area contributed by atoms with Gasteiger partial charge in [0.1, 0.15) is 0 Å². The highest BCUT2D eigenvalue weighted by molar-refractivity contribution is 6.13. The molecule has 0 N–H and O–H groups in total. The Labute approximate surface area is 543 Å². The van der Waals surface area contributed by atoms with Gasteiger partial charge in [-0.25, -0.2) is 0 Å². The lowest BCUT2D eigenvalue weighted by atomic mass is 9.93. The molecule has 0 atom stereocenters. The molecule has 5 aromatic heterocycles. The van der Waals surface area contributed by atoms with Crippen molar-refractivity contribution in [2.75, 3.05) is 0 Å². The Kier molecular flexibility index (Phi) is 13.1. The summed E-state index contributed by atoms with van der Waals surface area (Å²) in [5.74, 6) is 0. The second-order valence-corrected chi connectivity index (χ2v) is 24.3. The van der Waals surface area contributed by atoms with E-state index in [-0.39, 0.29) is 0 Å². The van der Waals surface area contributed by atoms with Crippen LogP contribution in [0.1, 0.15) is 0 Å². The van der Waals surface area contributed by atoms with E-state index in [4.69, 9.17) is 4.98 Å². The van der Waals surface area contributed by atoms with Crippen molar-refractivity contribution in [3.8, 4) is 78.4 Å². The Hall–Kier alpha value is -12.6. The first-order valence-electron chi connectivity index (χ1n) is 32.2. The quantitative estimate of drug-likeness (QED) is 0.142. The lowest BCUT2D eigenvalue weighted by molar-refractivity contribution is 1.13. The molecule has 0 saturated carbocycles. The molecule has 5 nitrogen and oxygen atoms in total. The Balaban J connectivity index is 0.000000139. The Morgan fingerprint density at radius 3 is 0.681 bits per heavy atom. The third kappa shape index (κ3) is 9.28. The first-order chi connectivity index (χ1) is 46.6. The molecule has 0 fully saturated rings. The van der Waals surface area contributed by atoms with Crippen LogP contribution in [0.5, 0.6) is 0 Å². The fraction of sp³-hybridized carbons (Fsp3) is 0. The third-order valence-electron chi connectivity index (χ3n) is 18.8. The molecule has 0 aliphatic rings. The van der Waals surface area contributed by atoms with Crippen LogP contribution in [0.15, 0.2) is 358 Å². The fourth-order valence-corrected chi connectivity index (χ4v) is 14.6. The zero-order chi connectivity index (χ0) is 62.1. The van der Waals surface area contributed by atoms with Gasteiger partial charge in [-0.2, -0.15) is 0 Å². The van der Waals surface area contributed by atoms with Crippen LogP contribution in [-0.2, 0) is 0 Å². The van der Waals surface area contributed by atoms with Crippen LogP contribution in [0.4, 0.5) is 0 Å². The molecule has 0 bridgehead atoms. The number of rotatable bonds is 9. The molecule has 94 heavy (non-hydrogen) atoms. The van der Waals surface area contributed by atoms with Crippen molar-refractivity contribution in [2.24, 2.45) is 0 Å². The number of hydrogen-bond donors (Lipinski definition) is 0. The van der Waals surface area contributed by atoms with Crippen molar-refractivity contribution in [1.82, 2.24) is 23.3 Å². The summed E-state index contributed by atoms with van der Waals surface area (Å²) in [6, 6.07) is 125. The van der Waals surface area contributed by atoms with Crippen LogP contribution in [-0.4, -0.2) is 23.3 Å². The summed E-state index contributed by atoms with van der Waals surface area (Å²) in [6.07, 6.45) is 3.93. The smallest absolute Gasteiger partial charge is 0.0541 e. The number of benzene rings is 14. The van der Waals surface area contributed by atoms with Crippen LogP contribution in [0.25, 0.3) is 166 Å². The van der Waals surface area contributed by atoms with Crippen molar-refractivity contribution in [3.05, 3.63) is 358 Å². The van der Waals surface area contributed by atoms with E-state index in [1.165, 1.54) is 115 Å². The minimum absolute atomic E-state index is 1.09. The highest BCUT2D eigenvalue weighted by Crippen LogP contribution is 2.42. The molecule has 0 unspecified atom stereocenters. The van der Waals surface area contributed by atoms with Crippen molar-refractivity contribution < 1.29 is 0 Å². The summed E-state index contributed by atoms with van der Waals surface area (Å²) >= 11 is 0. The van der Waals surface area contributed by atoms with E-state index in [9.17, 15) is 0 Å². The number of hydrogen-bond acceptors (Lipinski definition) is 1. The highest BCUT2D eigenvalue weighted by atomic mass is 15.0. The summed E-state index contributed by atoms with van der Waals surface area (Å²) < 4.78 is 9.59. The average molecular weight is 1200 g/mol. The van der Waals surface area contributed by atoms with E-state index in [1.807, 2.05) is 12.4 Å². The number of nitrogens with zero attached hydrogens (tertiary/aromatic N) is 5. The number of pyridine rings is 1. The second kappa shape index (κ2) is 22.7. The lowest BCUT2D eigenvalue weighted by Crippen LogP contribution is -2.00. The first kappa shape index (κ1) is 54.4. The minimum atomic E-state index is 1.09. The van der Waals surface area contributed by atoms with E-state index in [1.54, 1.807) is 0 Å². The normalized spacial score (nSPS) is 11.6. The van der Waals surface area contributed by atoms with Crippen LogP contribution < -0.4 is 0 Å². The summed E-state index contributed by atoms with van der Waals surface area (Å²) in [6.45, 7) is 0. The van der Waals surface area contributed by atoms with E-state index < -0.39 is 0 Å². The zero-order valence-electron chi connectivity index (χ0n) is 51.3. The van der Waals surface area contributed by atoms with E-state index in [0.717, 1.165) is 50.6 Å². The van der Waals surface area contributed by atoms with Gasteiger partial charge >= 0.3 is 0 Å². The predicted octanol–water partition coefficient (Wildman–Crippen LogP) is 23.5. The molecule has 19 aromatic rings. The number of aromatic nitrogens is 5. The maximum atomic E-state index is 4.71. The highest BCUT2D eigenvalue weighted by Gasteiger charge is 2.20. The Morgan fingerprint density at radius 2 is 0.372 bits per heavy atom. The van der Waals surface area contributed by atoms with Crippen LogP contribution >= 0.6 is 0 Å². The number of para-hydroxylation sites is 8. The molecular formula is C89H59N5. The first-order valence-corrected chi connectivity index (χ1v) is 32.2. The van der Waals surface area contributed by atoms with Gasteiger partial charge in [0.25, 0.3) is 0 Å². The molecule has 14 aromatic carbocycles. The molecule has 5 heterocycles. The lowest BCUT2D eigenvalue weighted by Gasteiger charge is -2.17. The number of fused-ring (bicyclic) bond motifs is 12. The van der Waals surface area contributed by atoms with Gasteiger partial charge in [-0.15, -0.1) is 0 Å². The molecule has 0 radical (unpaired) electrons. The van der Waals surface area contributed by atoms with Crippen molar-refractivity contribution in [3.63, 3.8) is 0 Å². The summed E-state index contributed by atoms with van der Waals surface area (Å²) in [5.41, 5.74) is 25.7. The molecule has 0 saturated heterocycles.